The standard InChI is InChI=1S/C12H10N2O4S/c15-10-3-1-8(2-4-10)6-13-12(16)9-5-11(14(17)18)19-7-9/h1-5,7,15H,6H2,(H,13,16). The van der Waals surface area contributed by atoms with Crippen LogP contribution in [0, 0.1) is 10.1 Å². The van der Waals surface area contributed by atoms with Crippen molar-refractivity contribution in [2.24, 2.45) is 0 Å². The van der Waals surface area contributed by atoms with E-state index >= 15 is 0 Å². The van der Waals surface area contributed by atoms with E-state index in [2.05, 4.69) is 5.32 Å². The lowest BCUT2D eigenvalue weighted by Crippen LogP contribution is -2.22. The Balaban J connectivity index is 1.97. The van der Waals surface area contributed by atoms with Crippen LogP contribution in [0.4, 0.5) is 5.00 Å². The van der Waals surface area contributed by atoms with E-state index in [4.69, 9.17) is 5.11 Å². The van der Waals surface area contributed by atoms with Gasteiger partial charge in [0.05, 0.1) is 10.5 Å². The van der Waals surface area contributed by atoms with Crippen LogP contribution >= 0.6 is 11.3 Å². The smallest absolute Gasteiger partial charge is 0.324 e. The molecule has 0 saturated heterocycles. The average Bonchev–Trinajstić information content (AvgIpc) is 2.87. The molecule has 2 N–H and O–H groups in total. The second-order valence-electron chi connectivity index (χ2n) is 3.78. The molecule has 1 amide bonds. The SMILES string of the molecule is O=C(NCc1ccc(O)cc1)c1csc([N+](=O)[O-])c1. The topological polar surface area (TPSA) is 92.5 Å². The molecule has 0 aliphatic heterocycles. The fourth-order valence-electron chi connectivity index (χ4n) is 1.44. The third kappa shape index (κ3) is 3.29. The normalized spacial score (nSPS) is 10.1. The van der Waals surface area contributed by atoms with Crippen LogP contribution in [0.25, 0.3) is 0 Å². The van der Waals surface area contributed by atoms with E-state index in [1.807, 2.05) is 0 Å². The molecule has 7 heteroatoms. The number of carbonyl (C=O) groups is 1. The zero-order valence-corrected chi connectivity index (χ0v) is 10.5. The number of thiophene rings is 1. The number of amides is 1. The summed E-state index contributed by atoms with van der Waals surface area (Å²) >= 11 is 0.917. The number of phenols is 1. The molecule has 1 heterocycles. The van der Waals surface area contributed by atoms with Crippen LogP contribution in [-0.4, -0.2) is 15.9 Å². The number of carbonyl (C=O) groups excluding carboxylic acids is 1. The maximum absolute atomic E-state index is 11.7. The maximum Gasteiger partial charge on any atom is 0.324 e. The van der Waals surface area contributed by atoms with Gasteiger partial charge in [-0.15, -0.1) is 0 Å². The summed E-state index contributed by atoms with van der Waals surface area (Å²) in [6.07, 6.45) is 0. The van der Waals surface area contributed by atoms with Crippen LogP contribution in [-0.2, 0) is 6.54 Å². The maximum atomic E-state index is 11.7. The highest BCUT2D eigenvalue weighted by molar-refractivity contribution is 7.13. The summed E-state index contributed by atoms with van der Waals surface area (Å²) in [6.45, 7) is 0.294. The second-order valence-corrected chi connectivity index (χ2v) is 4.67. The summed E-state index contributed by atoms with van der Waals surface area (Å²) in [7, 11) is 0. The van der Waals surface area contributed by atoms with Crippen molar-refractivity contribution in [3.05, 3.63) is 57.0 Å². The van der Waals surface area contributed by atoms with Crippen molar-refractivity contribution in [2.75, 3.05) is 0 Å². The lowest BCUT2D eigenvalue weighted by atomic mass is 10.2. The number of phenolic OH excluding ortho intramolecular Hbond substituents is 1. The van der Waals surface area contributed by atoms with Crippen molar-refractivity contribution in [3.8, 4) is 5.75 Å². The fourth-order valence-corrected chi connectivity index (χ4v) is 2.14. The number of benzene rings is 1. The number of nitrogens with zero attached hydrogens (tertiary/aromatic N) is 1. The first kappa shape index (κ1) is 13.0. The van der Waals surface area contributed by atoms with Crippen LogP contribution in [0.2, 0.25) is 0 Å². The summed E-state index contributed by atoms with van der Waals surface area (Å²) in [5.74, 6) is -0.207. The molecule has 0 fully saturated rings. The monoisotopic (exact) mass is 278 g/mol. The average molecular weight is 278 g/mol. The van der Waals surface area contributed by atoms with Gasteiger partial charge in [0.2, 0.25) is 0 Å². The minimum Gasteiger partial charge on any atom is -0.508 e. The third-order valence-corrected chi connectivity index (χ3v) is 3.30. The van der Waals surface area contributed by atoms with Crippen molar-refractivity contribution in [3.63, 3.8) is 0 Å². The molecular formula is C12H10N2O4S. The largest absolute Gasteiger partial charge is 0.508 e. The molecule has 2 rings (SSSR count). The van der Waals surface area contributed by atoms with Gasteiger partial charge in [-0.2, -0.15) is 0 Å². The Bertz CT molecular complexity index is 606. The van der Waals surface area contributed by atoms with Gasteiger partial charge in [0.25, 0.3) is 5.91 Å². The minimum atomic E-state index is -0.526. The molecular weight excluding hydrogens is 268 g/mol. The molecule has 0 spiro atoms. The zero-order chi connectivity index (χ0) is 13.8. The molecule has 98 valence electrons. The molecule has 0 aliphatic carbocycles. The molecule has 2 aromatic rings. The number of hydrogen-bond acceptors (Lipinski definition) is 5. The lowest BCUT2D eigenvalue weighted by Gasteiger charge is -2.03. The molecule has 0 atom stereocenters. The van der Waals surface area contributed by atoms with Crippen molar-refractivity contribution < 1.29 is 14.8 Å². The Morgan fingerprint density at radius 2 is 2.05 bits per heavy atom. The highest BCUT2D eigenvalue weighted by atomic mass is 32.1. The van der Waals surface area contributed by atoms with Gasteiger partial charge in [-0.1, -0.05) is 23.5 Å². The van der Waals surface area contributed by atoms with Crippen LogP contribution in [0.1, 0.15) is 15.9 Å². The van der Waals surface area contributed by atoms with E-state index in [0.29, 0.717) is 6.54 Å². The summed E-state index contributed by atoms with van der Waals surface area (Å²) < 4.78 is 0. The van der Waals surface area contributed by atoms with E-state index in [0.717, 1.165) is 16.9 Å². The van der Waals surface area contributed by atoms with Gasteiger partial charge in [0, 0.05) is 18.0 Å². The highest BCUT2D eigenvalue weighted by Crippen LogP contribution is 2.22. The van der Waals surface area contributed by atoms with Gasteiger partial charge in [0.1, 0.15) is 5.75 Å². The van der Waals surface area contributed by atoms with Crippen molar-refractivity contribution >= 4 is 22.2 Å². The Hall–Kier alpha value is -2.41. The predicted octanol–water partition coefficient (Wildman–Crippen LogP) is 2.29. The van der Waals surface area contributed by atoms with Crippen LogP contribution in [0.15, 0.2) is 35.7 Å². The van der Waals surface area contributed by atoms with Crippen LogP contribution < -0.4 is 5.32 Å². The van der Waals surface area contributed by atoms with Gasteiger partial charge < -0.3 is 10.4 Å². The van der Waals surface area contributed by atoms with Gasteiger partial charge in [-0.05, 0) is 17.7 Å². The molecule has 6 nitrogen and oxygen atoms in total. The number of aromatic hydroxyl groups is 1. The predicted molar refractivity (Wildman–Crippen MR) is 70.3 cm³/mol. The van der Waals surface area contributed by atoms with Gasteiger partial charge in [-0.3, -0.25) is 14.9 Å². The first-order valence-electron chi connectivity index (χ1n) is 5.35. The van der Waals surface area contributed by atoms with Gasteiger partial charge in [-0.25, -0.2) is 0 Å². The number of hydrogen-bond donors (Lipinski definition) is 2. The zero-order valence-electron chi connectivity index (χ0n) is 9.70. The van der Waals surface area contributed by atoms with E-state index in [1.165, 1.54) is 23.6 Å². The van der Waals surface area contributed by atoms with Crippen LogP contribution in [0.3, 0.4) is 0 Å². The molecule has 1 aromatic heterocycles. The van der Waals surface area contributed by atoms with Gasteiger partial charge in [0.15, 0.2) is 0 Å². The Kier molecular flexibility index (Phi) is 3.76. The van der Waals surface area contributed by atoms with Crippen molar-refractivity contribution in [2.45, 2.75) is 6.54 Å². The second kappa shape index (κ2) is 5.49. The van der Waals surface area contributed by atoms with Gasteiger partial charge >= 0.3 is 5.00 Å². The number of rotatable bonds is 4. The molecule has 0 radical (unpaired) electrons. The first-order chi connectivity index (χ1) is 9.06. The Morgan fingerprint density at radius 3 is 2.63 bits per heavy atom. The number of nitro groups is 1. The van der Waals surface area contributed by atoms with Crippen LogP contribution in [0.5, 0.6) is 5.75 Å². The van der Waals surface area contributed by atoms with Crippen molar-refractivity contribution in [1.82, 2.24) is 5.32 Å². The quantitative estimate of drug-likeness (QED) is 0.663. The Morgan fingerprint density at radius 1 is 1.37 bits per heavy atom. The fraction of sp³-hybridized carbons (Fsp3) is 0.0833. The van der Waals surface area contributed by atoms with E-state index in [1.54, 1.807) is 12.1 Å². The summed E-state index contributed by atoms with van der Waals surface area (Å²) in [5.41, 5.74) is 1.10. The van der Waals surface area contributed by atoms with E-state index in [9.17, 15) is 14.9 Å². The molecule has 19 heavy (non-hydrogen) atoms. The highest BCUT2D eigenvalue weighted by Gasteiger charge is 2.14. The number of nitrogens with one attached hydrogen (secondary N) is 1. The molecule has 1 aromatic carbocycles. The summed E-state index contributed by atoms with van der Waals surface area (Å²) in [5, 5.41) is 23.7. The third-order valence-electron chi connectivity index (χ3n) is 2.42. The molecule has 0 aliphatic rings. The summed E-state index contributed by atoms with van der Waals surface area (Å²) in [6, 6.07) is 7.67. The molecule has 0 bridgehead atoms. The van der Waals surface area contributed by atoms with Crippen molar-refractivity contribution in [1.29, 1.82) is 0 Å². The summed E-state index contributed by atoms with van der Waals surface area (Å²) in [4.78, 5) is 21.7. The molecule has 0 unspecified atom stereocenters. The first-order valence-corrected chi connectivity index (χ1v) is 6.23. The minimum absolute atomic E-state index is 0.0604. The lowest BCUT2D eigenvalue weighted by molar-refractivity contribution is -0.380. The molecule has 0 saturated carbocycles. The van der Waals surface area contributed by atoms with E-state index < -0.39 is 4.92 Å². The Labute approximate surface area is 112 Å². The van der Waals surface area contributed by atoms with E-state index in [-0.39, 0.29) is 22.2 Å².